The van der Waals surface area contributed by atoms with Crippen LogP contribution in [0.15, 0.2) is 30.3 Å². The highest BCUT2D eigenvalue weighted by Gasteiger charge is 2.19. The smallest absolute Gasteiger partial charge is 0.233 e. The van der Waals surface area contributed by atoms with Crippen LogP contribution in [-0.2, 0) is 13.8 Å². The Hall–Kier alpha value is -0.580. The first-order valence-electron chi connectivity index (χ1n) is 6.08. The predicted octanol–water partition coefficient (Wildman–Crippen LogP) is 3.16. The van der Waals surface area contributed by atoms with Crippen molar-refractivity contribution in [1.29, 1.82) is 0 Å². The first-order valence-corrected chi connectivity index (χ1v) is 8.56. The Morgan fingerprint density at radius 3 is 2.50 bits per heavy atom. The molecule has 1 unspecified atom stereocenters. The lowest BCUT2D eigenvalue weighted by atomic mass is 10.0. The maximum atomic E-state index is 11.2. The minimum absolute atomic E-state index is 0.0926. The highest BCUT2D eigenvalue weighted by Crippen LogP contribution is 2.20. The summed E-state index contributed by atoms with van der Waals surface area (Å²) in [6.45, 7) is 3.12. The quantitative estimate of drug-likeness (QED) is 0.546. The SMILES string of the molecule is CCCCOCC(CS(=O)(=O)Cl)c1ccccc1. The fourth-order valence-electron chi connectivity index (χ4n) is 1.68. The second-order valence-corrected chi connectivity index (χ2v) is 7.06. The summed E-state index contributed by atoms with van der Waals surface area (Å²) in [5.74, 6) is -0.296. The lowest BCUT2D eigenvalue weighted by Crippen LogP contribution is -2.16. The van der Waals surface area contributed by atoms with Crippen LogP contribution in [0.5, 0.6) is 0 Å². The van der Waals surface area contributed by atoms with Gasteiger partial charge in [0.2, 0.25) is 9.05 Å². The molecule has 0 fully saturated rings. The largest absolute Gasteiger partial charge is 0.381 e. The van der Waals surface area contributed by atoms with Gasteiger partial charge in [-0.2, -0.15) is 0 Å². The molecule has 1 aromatic rings. The van der Waals surface area contributed by atoms with Crippen molar-refractivity contribution in [2.45, 2.75) is 25.7 Å². The van der Waals surface area contributed by atoms with Gasteiger partial charge in [0, 0.05) is 23.2 Å². The van der Waals surface area contributed by atoms with E-state index >= 15 is 0 Å². The Bertz CT molecular complexity index is 431. The fourth-order valence-corrected chi connectivity index (χ4v) is 2.90. The van der Waals surface area contributed by atoms with Crippen LogP contribution in [0.3, 0.4) is 0 Å². The van der Waals surface area contributed by atoms with Crippen molar-refractivity contribution in [1.82, 2.24) is 0 Å². The van der Waals surface area contributed by atoms with Gasteiger partial charge in [0.1, 0.15) is 0 Å². The molecule has 1 atom stereocenters. The van der Waals surface area contributed by atoms with Gasteiger partial charge in [0.15, 0.2) is 0 Å². The molecule has 0 spiro atoms. The molecule has 1 aromatic carbocycles. The fraction of sp³-hybridized carbons (Fsp3) is 0.538. The maximum Gasteiger partial charge on any atom is 0.233 e. The van der Waals surface area contributed by atoms with E-state index in [-0.39, 0.29) is 11.7 Å². The van der Waals surface area contributed by atoms with Crippen molar-refractivity contribution < 1.29 is 13.2 Å². The molecule has 102 valence electrons. The molecule has 5 heteroatoms. The van der Waals surface area contributed by atoms with Crippen LogP contribution in [0.2, 0.25) is 0 Å². The minimum atomic E-state index is -3.52. The van der Waals surface area contributed by atoms with Gasteiger partial charge in [0.25, 0.3) is 0 Å². The van der Waals surface area contributed by atoms with Crippen LogP contribution < -0.4 is 0 Å². The highest BCUT2D eigenvalue weighted by atomic mass is 35.7. The molecule has 0 bridgehead atoms. The summed E-state index contributed by atoms with van der Waals surface area (Å²) >= 11 is 0. The predicted molar refractivity (Wildman–Crippen MR) is 74.5 cm³/mol. The van der Waals surface area contributed by atoms with Crippen molar-refractivity contribution >= 4 is 19.7 Å². The molecule has 18 heavy (non-hydrogen) atoms. The molecule has 0 N–H and O–H groups in total. The Labute approximate surface area is 114 Å². The van der Waals surface area contributed by atoms with E-state index in [1.807, 2.05) is 30.3 Å². The molecular weight excluding hydrogens is 272 g/mol. The average molecular weight is 291 g/mol. The monoisotopic (exact) mass is 290 g/mol. The first kappa shape index (κ1) is 15.5. The van der Waals surface area contributed by atoms with Crippen LogP contribution in [0.25, 0.3) is 0 Å². The lowest BCUT2D eigenvalue weighted by molar-refractivity contribution is 0.121. The van der Waals surface area contributed by atoms with E-state index in [0.717, 1.165) is 18.4 Å². The Kier molecular flexibility index (Phi) is 6.68. The molecule has 0 aliphatic heterocycles. The zero-order chi connectivity index (χ0) is 13.4. The van der Waals surface area contributed by atoms with Crippen molar-refractivity contribution in [2.75, 3.05) is 19.0 Å². The molecule has 3 nitrogen and oxygen atoms in total. The molecule has 0 saturated heterocycles. The average Bonchev–Trinajstić information content (AvgIpc) is 2.33. The Morgan fingerprint density at radius 2 is 1.94 bits per heavy atom. The van der Waals surface area contributed by atoms with Gasteiger partial charge in [-0.3, -0.25) is 0 Å². The molecule has 0 aromatic heterocycles. The van der Waals surface area contributed by atoms with Crippen molar-refractivity contribution in [3.05, 3.63) is 35.9 Å². The van der Waals surface area contributed by atoms with Gasteiger partial charge in [0.05, 0.1) is 12.4 Å². The van der Waals surface area contributed by atoms with Gasteiger partial charge in [-0.05, 0) is 12.0 Å². The number of unbranched alkanes of at least 4 members (excludes halogenated alkanes) is 1. The summed E-state index contributed by atoms with van der Waals surface area (Å²) < 4.78 is 27.9. The number of ether oxygens (including phenoxy) is 1. The summed E-state index contributed by atoms with van der Waals surface area (Å²) in [5.41, 5.74) is 0.943. The van der Waals surface area contributed by atoms with Gasteiger partial charge in [-0.1, -0.05) is 43.7 Å². The van der Waals surface area contributed by atoms with Crippen LogP contribution in [0.4, 0.5) is 0 Å². The number of rotatable bonds is 8. The molecule has 0 radical (unpaired) electrons. The lowest BCUT2D eigenvalue weighted by Gasteiger charge is -2.16. The highest BCUT2D eigenvalue weighted by molar-refractivity contribution is 8.13. The molecule has 0 aliphatic carbocycles. The summed E-state index contributed by atoms with van der Waals surface area (Å²) in [5, 5.41) is 0. The molecule has 0 heterocycles. The van der Waals surface area contributed by atoms with E-state index in [9.17, 15) is 8.42 Å². The zero-order valence-electron chi connectivity index (χ0n) is 10.5. The zero-order valence-corrected chi connectivity index (χ0v) is 12.1. The van der Waals surface area contributed by atoms with Gasteiger partial charge < -0.3 is 4.74 Å². The number of halogens is 1. The van der Waals surface area contributed by atoms with E-state index in [1.54, 1.807) is 0 Å². The minimum Gasteiger partial charge on any atom is -0.381 e. The van der Waals surface area contributed by atoms with Gasteiger partial charge in [-0.15, -0.1) is 0 Å². The van der Waals surface area contributed by atoms with E-state index in [0.29, 0.717) is 13.2 Å². The third-order valence-electron chi connectivity index (χ3n) is 2.63. The standard InChI is InChI=1S/C13H19ClO3S/c1-2-3-9-17-10-13(11-18(14,15)16)12-7-5-4-6-8-12/h4-8,13H,2-3,9-11H2,1H3. The van der Waals surface area contributed by atoms with Crippen LogP contribution in [-0.4, -0.2) is 27.4 Å². The number of hydrogen-bond donors (Lipinski definition) is 0. The molecule has 0 amide bonds. The normalized spacial score (nSPS) is 13.4. The Balaban J connectivity index is 2.64. The number of benzene rings is 1. The second-order valence-electron chi connectivity index (χ2n) is 4.24. The molecule has 0 saturated carbocycles. The van der Waals surface area contributed by atoms with Gasteiger partial charge in [-0.25, -0.2) is 8.42 Å². The van der Waals surface area contributed by atoms with Gasteiger partial charge >= 0.3 is 0 Å². The van der Waals surface area contributed by atoms with Crippen LogP contribution >= 0.6 is 10.7 Å². The third-order valence-corrected chi connectivity index (χ3v) is 3.81. The van der Waals surface area contributed by atoms with E-state index in [4.69, 9.17) is 15.4 Å². The van der Waals surface area contributed by atoms with Crippen LogP contribution in [0, 0.1) is 0 Å². The molecule has 0 aliphatic rings. The molecular formula is C13H19ClO3S. The van der Waals surface area contributed by atoms with Crippen molar-refractivity contribution in [3.63, 3.8) is 0 Å². The van der Waals surface area contributed by atoms with Crippen LogP contribution in [0.1, 0.15) is 31.2 Å². The maximum absolute atomic E-state index is 11.2. The van der Waals surface area contributed by atoms with E-state index in [2.05, 4.69) is 6.92 Å². The van der Waals surface area contributed by atoms with Crippen molar-refractivity contribution in [2.24, 2.45) is 0 Å². The van der Waals surface area contributed by atoms with E-state index in [1.165, 1.54) is 0 Å². The summed E-state index contributed by atoms with van der Waals surface area (Å²) in [4.78, 5) is 0. The number of hydrogen-bond acceptors (Lipinski definition) is 3. The Morgan fingerprint density at radius 1 is 1.28 bits per heavy atom. The summed E-state index contributed by atoms with van der Waals surface area (Å²) in [6, 6.07) is 9.46. The third kappa shape index (κ3) is 6.38. The first-order chi connectivity index (χ1) is 8.53. The second kappa shape index (κ2) is 7.77. The van der Waals surface area contributed by atoms with E-state index < -0.39 is 9.05 Å². The summed E-state index contributed by atoms with van der Waals surface area (Å²) in [7, 11) is 1.81. The topological polar surface area (TPSA) is 43.4 Å². The van der Waals surface area contributed by atoms with Crippen molar-refractivity contribution in [3.8, 4) is 0 Å². The molecule has 1 rings (SSSR count). The summed E-state index contributed by atoms with van der Waals surface area (Å²) in [6.07, 6.45) is 2.04.